The summed E-state index contributed by atoms with van der Waals surface area (Å²) in [4.78, 5) is 25.2. The molecule has 1 heterocycles. The van der Waals surface area contributed by atoms with E-state index in [1.807, 2.05) is 19.1 Å². The average Bonchev–Trinajstić information content (AvgIpc) is 2.50. The molecule has 0 saturated carbocycles. The van der Waals surface area contributed by atoms with Crippen molar-refractivity contribution in [3.05, 3.63) is 24.3 Å². The predicted molar refractivity (Wildman–Crippen MR) is 83.1 cm³/mol. The highest BCUT2D eigenvalue weighted by atomic mass is 16.5. The summed E-state index contributed by atoms with van der Waals surface area (Å²) in [5, 5.41) is 12.0. The number of carbonyl (C=O) groups is 2. The molecule has 1 atom stereocenters. The summed E-state index contributed by atoms with van der Waals surface area (Å²) in [5.41, 5.74) is 0.609. The third-order valence-electron chi connectivity index (χ3n) is 3.71. The van der Waals surface area contributed by atoms with Crippen molar-refractivity contribution in [2.75, 3.05) is 25.0 Å². The number of anilines is 1. The number of piperidine rings is 1. The van der Waals surface area contributed by atoms with E-state index in [4.69, 9.17) is 4.74 Å². The van der Waals surface area contributed by atoms with Crippen molar-refractivity contribution in [1.29, 1.82) is 0 Å². The maximum absolute atomic E-state index is 12.2. The van der Waals surface area contributed by atoms with Crippen molar-refractivity contribution in [2.45, 2.75) is 32.2 Å². The summed E-state index contributed by atoms with van der Waals surface area (Å²) < 4.78 is 5.46. The van der Waals surface area contributed by atoms with Crippen molar-refractivity contribution in [3.63, 3.8) is 0 Å². The van der Waals surface area contributed by atoms with Gasteiger partial charge in [-0.25, -0.2) is 0 Å². The molecule has 1 aromatic carbocycles. The fourth-order valence-electron chi connectivity index (χ4n) is 2.69. The second-order valence-electron chi connectivity index (χ2n) is 5.30. The molecule has 0 spiro atoms. The fraction of sp³-hybridized carbons (Fsp3) is 0.500. The Morgan fingerprint density at radius 1 is 1.36 bits per heavy atom. The molecule has 120 valence electrons. The van der Waals surface area contributed by atoms with E-state index in [1.54, 1.807) is 17.0 Å². The number of para-hydroxylation sites is 2. The van der Waals surface area contributed by atoms with Crippen LogP contribution in [0.3, 0.4) is 0 Å². The lowest BCUT2D eigenvalue weighted by atomic mass is 10.0. The molecular formula is C16H22N2O4. The van der Waals surface area contributed by atoms with E-state index in [2.05, 4.69) is 5.32 Å². The summed E-state index contributed by atoms with van der Waals surface area (Å²) in [6.45, 7) is 3.11. The first-order chi connectivity index (χ1) is 10.6. The first kappa shape index (κ1) is 16.3. The van der Waals surface area contributed by atoms with Gasteiger partial charge in [-0.3, -0.25) is 14.5 Å². The van der Waals surface area contributed by atoms with Crippen LogP contribution < -0.4 is 10.1 Å². The van der Waals surface area contributed by atoms with Crippen LogP contribution in [0.5, 0.6) is 5.75 Å². The van der Waals surface area contributed by atoms with Gasteiger partial charge in [-0.2, -0.15) is 0 Å². The number of nitrogens with zero attached hydrogens (tertiary/aromatic N) is 1. The quantitative estimate of drug-likeness (QED) is 0.840. The summed E-state index contributed by atoms with van der Waals surface area (Å²) in [5.74, 6) is -0.464. The van der Waals surface area contributed by atoms with Crippen molar-refractivity contribution in [1.82, 2.24) is 4.90 Å². The second kappa shape index (κ2) is 7.79. The number of hydrogen-bond acceptors (Lipinski definition) is 4. The summed E-state index contributed by atoms with van der Waals surface area (Å²) >= 11 is 0. The van der Waals surface area contributed by atoms with Crippen molar-refractivity contribution in [3.8, 4) is 5.75 Å². The molecular weight excluding hydrogens is 284 g/mol. The highest BCUT2D eigenvalue weighted by Gasteiger charge is 2.29. The molecule has 6 nitrogen and oxygen atoms in total. The molecule has 6 heteroatoms. The van der Waals surface area contributed by atoms with E-state index in [1.165, 1.54) is 0 Å². The number of carboxylic acid groups (broad SMARTS) is 1. The lowest BCUT2D eigenvalue weighted by molar-refractivity contribution is -0.145. The van der Waals surface area contributed by atoms with E-state index in [9.17, 15) is 14.7 Å². The van der Waals surface area contributed by atoms with Crippen LogP contribution in [0.15, 0.2) is 24.3 Å². The van der Waals surface area contributed by atoms with E-state index in [0.29, 0.717) is 31.0 Å². The smallest absolute Gasteiger partial charge is 0.320 e. The zero-order valence-electron chi connectivity index (χ0n) is 12.7. The van der Waals surface area contributed by atoms with E-state index in [-0.39, 0.29) is 12.5 Å². The van der Waals surface area contributed by atoms with Gasteiger partial charge in [0.15, 0.2) is 0 Å². The normalized spacial score (nSPS) is 18.7. The summed E-state index contributed by atoms with van der Waals surface area (Å²) in [6, 6.07) is 6.65. The topological polar surface area (TPSA) is 78.9 Å². The Morgan fingerprint density at radius 2 is 2.14 bits per heavy atom. The van der Waals surface area contributed by atoms with Crippen LogP contribution in [0.2, 0.25) is 0 Å². The number of likely N-dealkylation sites (tertiary alicyclic amines) is 1. The minimum Gasteiger partial charge on any atom is -0.492 e. The SMILES string of the molecule is CCOc1ccccc1NC(=O)CN1CCCCC1C(=O)O. The first-order valence-electron chi connectivity index (χ1n) is 7.60. The van der Waals surface area contributed by atoms with Gasteiger partial charge in [-0.05, 0) is 38.4 Å². The number of carbonyl (C=O) groups excluding carboxylic acids is 1. The maximum Gasteiger partial charge on any atom is 0.320 e. The highest BCUT2D eigenvalue weighted by molar-refractivity contribution is 5.94. The van der Waals surface area contributed by atoms with Crippen LogP contribution in [0.1, 0.15) is 26.2 Å². The number of ether oxygens (including phenoxy) is 1. The van der Waals surface area contributed by atoms with Gasteiger partial charge in [-0.15, -0.1) is 0 Å². The number of benzene rings is 1. The van der Waals surface area contributed by atoms with Gasteiger partial charge in [0.2, 0.25) is 5.91 Å². The minimum atomic E-state index is -0.859. The van der Waals surface area contributed by atoms with Crippen LogP contribution >= 0.6 is 0 Å². The number of amides is 1. The number of aliphatic carboxylic acids is 1. The summed E-state index contributed by atoms with van der Waals surface area (Å²) in [6.07, 6.45) is 2.41. The Labute approximate surface area is 130 Å². The predicted octanol–water partition coefficient (Wildman–Crippen LogP) is 1.96. The van der Waals surface area contributed by atoms with E-state index < -0.39 is 12.0 Å². The standard InChI is InChI=1S/C16H22N2O4/c1-2-22-14-9-4-3-7-12(14)17-15(19)11-18-10-6-5-8-13(18)16(20)21/h3-4,7,9,13H,2,5-6,8,10-11H2,1H3,(H,17,19)(H,20,21). The lowest BCUT2D eigenvalue weighted by Crippen LogP contribution is -2.47. The number of nitrogens with one attached hydrogen (secondary N) is 1. The Hall–Kier alpha value is -2.08. The van der Waals surface area contributed by atoms with Crippen molar-refractivity contribution >= 4 is 17.6 Å². The molecule has 2 N–H and O–H groups in total. The highest BCUT2D eigenvalue weighted by Crippen LogP contribution is 2.24. The molecule has 1 amide bonds. The molecule has 0 bridgehead atoms. The molecule has 0 aliphatic carbocycles. The van der Waals surface area contributed by atoms with Gasteiger partial charge >= 0.3 is 5.97 Å². The Bertz CT molecular complexity index is 533. The number of hydrogen-bond donors (Lipinski definition) is 2. The molecule has 1 unspecified atom stereocenters. The monoisotopic (exact) mass is 306 g/mol. The summed E-state index contributed by atoms with van der Waals surface area (Å²) in [7, 11) is 0. The molecule has 0 aromatic heterocycles. The molecule has 2 rings (SSSR count). The molecule has 22 heavy (non-hydrogen) atoms. The van der Waals surface area contributed by atoms with Gasteiger partial charge in [-0.1, -0.05) is 18.6 Å². The van der Waals surface area contributed by atoms with Crippen LogP contribution in [0.4, 0.5) is 5.69 Å². The Morgan fingerprint density at radius 3 is 2.86 bits per heavy atom. The van der Waals surface area contributed by atoms with Crippen molar-refractivity contribution in [2.24, 2.45) is 0 Å². The maximum atomic E-state index is 12.2. The molecule has 1 fully saturated rings. The van der Waals surface area contributed by atoms with Crippen molar-refractivity contribution < 1.29 is 19.4 Å². The molecule has 1 aliphatic heterocycles. The van der Waals surface area contributed by atoms with Gasteiger partial charge in [0.05, 0.1) is 18.8 Å². The molecule has 1 saturated heterocycles. The van der Waals surface area contributed by atoms with Gasteiger partial charge in [0.1, 0.15) is 11.8 Å². The van der Waals surface area contributed by atoms with Gasteiger partial charge in [0, 0.05) is 0 Å². The second-order valence-corrected chi connectivity index (χ2v) is 5.30. The largest absolute Gasteiger partial charge is 0.492 e. The zero-order valence-corrected chi connectivity index (χ0v) is 12.7. The van der Waals surface area contributed by atoms with Crippen LogP contribution in [0.25, 0.3) is 0 Å². The van der Waals surface area contributed by atoms with Crippen LogP contribution in [0, 0.1) is 0 Å². The van der Waals surface area contributed by atoms with Crippen LogP contribution in [-0.2, 0) is 9.59 Å². The van der Waals surface area contributed by atoms with Gasteiger partial charge in [0.25, 0.3) is 0 Å². The van der Waals surface area contributed by atoms with E-state index >= 15 is 0 Å². The number of carboxylic acids is 1. The molecule has 1 aliphatic rings. The van der Waals surface area contributed by atoms with Gasteiger partial charge < -0.3 is 15.2 Å². The third-order valence-corrected chi connectivity index (χ3v) is 3.71. The van der Waals surface area contributed by atoms with E-state index in [0.717, 1.165) is 12.8 Å². The Balaban J connectivity index is 1.99. The fourth-order valence-corrected chi connectivity index (χ4v) is 2.69. The minimum absolute atomic E-state index is 0.0808. The number of rotatable bonds is 6. The first-order valence-corrected chi connectivity index (χ1v) is 7.60. The average molecular weight is 306 g/mol. The third kappa shape index (κ3) is 4.21. The Kier molecular flexibility index (Phi) is 5.77. The molecule has 0 radical (unpaired) electrons. The van der Waals surface area contributed by atoms with Crippen LogP contribution in [-0.4, -0.2) is 47.6 Å². The zero-order chi connectivity index (χ0) is 15.9. The lowest BCUT2D eigenvalue weighted by Gasteiger charge is -2.32. The molecule has 1 aromatic rings.